The van der Waals surface area contributed by atoms with Crippen LogP contribution < -0.4 is 10.1 Å². The Hall–Kier alpha value is -3.20. The molecule has 0 aromatic heterocycles. The molecule has 4 rings (SSSR count). The van der Waals surface area contributed by atoms with E-state index in [-0.39, 0.29) is 40.4 Å². The molecule has 1 atom stereocenters. The Balaban J connectivity index is 1.57. The fourth-order valence-corrected chi connectivity index (χ4v) is 6.45. The average Bonchev–Trinajstić information content (AvgIpc) is 2.93. The SMILES string of the molecule is COc1ccc(C(C)C)cc1S(=O)(=O)N1CCC[C@H](C(=O)Nc2ccc(Cl)cc2C(=O)c2ccccc2)C1. The summed E-state index contributed by atoms with van der Waals surface area (Å²) in [6.45, 7) is 4.32. The first-order chi connectivity index (χ1) is 18.1. The van der Waals surface area contributed by atoms with Crippen LogP contribution in [0.15, 0.2) is 71.6 Å². The largest absolute Gasteiger partial charge is 0.495 e. The van der Waals surface area contributed by atoms with Gasteiger partial charge in [-0.2, -0.15) is 4.31 Å². The fraction of sp³-hybridized carbons (Fsp3) is 0.310. The molecular weight excluding hydrogens is 524 g/mol. The molecule has 1 aliphatic heterocycles. The van der Waals surface area contributed by atoms with Gasteiger partial charge in [0.1, 0.15) is 10.6 Å². The highest BCUT2D eigenvalue weighted by molar-refractivity contribution is 7.89. The number of sulfonamides is 1. The standard InChI is InChI=1S/C29H31ClN2O5S/c1-19(2)21-11-14-26(37-3)27(16-21)38(35,36)32-15-7-10-22(18-32)29(34)31-25-13-12-23(30)17-24(25)28(33)20-8-5-4-6-9-20/h4-6,8-9,11-14,16-17,19,22H,7,10,15,18H2,1-3H3,(H,31,34)/t22-/m0/s1. The van der Waals surface area contributed by atoms with Gasteiger partial charge in [0.25, 0.3) is 0 Å². The van der Waals surface area contributed by atoms with Crippen LogP contribution in [-0.2, 0) is 14.8 Å². The van der Waals surface area contributed by atoms with Crippen LogP contribution in [0.2, 0.25) is 5.02 Å². The van der Waals surface area contributed by atoms with Crippen LogP contribution in [0.3, 0.4) is 0 Å². The summed E-state index contributed by atoms with van der Waals surface area (Å²) in [5.74, 6) is -0.799. The number of rotatable bonds is 8. The van der Waals surface area contributed by atoms with Gasteiger partial charge in [-0.3, -0.25) is 9.59 Å². The van der Waals surface area contributed by atoms with Crippen LogP contribution in [0, 0.1) is 5.92 Å². The maximum Gasteiger partial charge on any atom is 0.246 e. The first-order valence-electron chi connectivity index (χ1n) is 12.5. The zero-order chi connectivity index (χ0) is 27.4. The third-order valence-corrected chi connectivity index (χ3v) is 8.87. The lowest BCUT2D eigenvalue weighted by Crippen LogP contribution is -2.43. The van der Waals surface area contributed by atoms with Crippen molar-refractivity contribution in [1.29, 1.82) is 0 Å². The van der Waals surface area contributed by atoms with Crippen molar-refractivity contribution < 1.29 is 22.7 Å². The Labute approximate surface area is 228 Å². The third kappa shape index (κ3) is 5.93. The van der Waals surface area contributed by atoms with E-state index in [0.717, 1.165) is 5.56 Å². The highest BCUT2D eigenvalue weighted by Crippen LogP contribution is 2.33. The molecule has 1 fully saturated rings. The van der Waals surface area contributed by atoms with E-state index in [1.165, 1.54) is 17.5 Å². The van der Waals surface area contributed by atoms with Gasteiger partial charge in [-0.05, 0) is 54.7 Å². The average molecular weight is 555 g/mol. The summed E-state index contributed by atoms with van der Waals surface area (Å²) in [5, 5.41) is 3.22. The predicted molar refractivity (Wildman–Crippen MR) is 149 cm³/mol. The van der Waals surface area contributed by atoms with Crippen LogP contribution in [0.4, 0.5) is 5.69 Å². The van der Waals surface area contributed by atoms with Crippen molar-refractivity contribution in [3.05, 3.63) is 88.4 Å². The number of amides is 1. The normalized spacial score (nSPS) is 16.3. The molecule has 1 heterocycles. The van der Waals surface area contributed by atoms with E-state index in [2.05, 4.69) is 5.32 Å². The number of nitrogens with one attached hydrogen (secondary N) is 1. The number of methoxy groups -OCH3 is 1. The number of ether oxygens (including phenoxy) is 1. The van der Waals surface area contributed by atoms with Gasteiger partial charge in [0.2, 0.25) is 15.9 Å². The van der Waals surface area contributed by atoms with Gasteiger partial charge in [0, 0.05) is 29.2 Å². The summed E-state index contributed by atoms with van der Waals surface area (Å²) >= 11 is 6.17. The van der Waals surface area contributed by atoms with Crippen molar-refractivity contribution in [2.24, 2.45) is 5.92 Å². The summed E-state index contributed by atoms with van der Waals surface area (Å²) in [6, 6.07) is 18.6. The lowest BCUT2D eigenvalue weighted by molar-refractivity contribution is -0.120. The lowest BCUT2D eigenvalue weighted by atomic mass is 9.97. The van der Waals surface area contributed by atoms with Crippen molar-refractivity contribution in [3.63, 3.8) is 0 Å². The van der Waals surface area contributed by atoms with Crippen molar-refractivity contribution >= 4 is 39.0 Å². The van der Waals surface area contributed by atoms with Crippen molar-refractivity contribution in [3.8, 4) is 5.75 Å². The molecule has 0 bridgehead atoms. The molecule has 1 aliphatic rings. The van der Waals surface area contributed by atoms with E-state index in [1.54, 1.807) is 48.5 Å². The number of ketones is 1. The monoisotopic (exact) mass is 554 g/mol. The Morgan fingerprint density at radius 2 is 1.79 bits per heavy atom. The van der Waals surface area contributed by atoms with Gasteiger partial charge < -0.3 is 10.1 Å². The number of carbonyl (C=O) groups excluding carboxylic acids is 2. The van der Waals surface area contributed by atoms with Crippen LogP contribution in [0.5, 0.6) is 5.75 Å². The zero-order valence-electron chi connectivity index (χ0n) is 21.6. The molecular formula is C29H31ClN2O5S. The molecule has 1 amide bonds. The Morgan fingerprint density at radius 1 is 1.05 bits per heavy atom. The number of anilines is 1. The predicted octanol–water partition coefficient (Wildman–Crippen LogP) is 5.74. The zero-order valence-corrected chi connectivity index (χ0v) is 23.2. The maximum absolute atomic E-state index is 13.7. The minimum atomic E-state index is -3.91. The highest BCUT2D eigenvalue weighted by atomic mass is 35.5. The maximum atomic E-state index is 13.7. The van der Waals surface area contributed by atoms with Gasteiger partial charge in [-0.1, -0.05) is 61.8 Å². The molecule has 0 aliphatic carbocycles. The number of hydrogen-bond donors (Lipinski definition) is 1. The van der Waals surface area contributed by atoms with Gasteiger partial charge >= 0.3 is 0 Å². The molecule has 1 saturated heterocycles. The van der Waals surface area contributed by atoms with Gasteiger partial charge in [-0.15, -0.1) is 0 Å². The number of halogens is 1. The van der Waals surface area contributed by atoms with Crippen LogP contribution in [-0.4, -0.2) is 44.6 Å². The van der Waals surface area contributed by atoms with Crippen LogP contribution in [0.1, 0.15) is 54.1 Å². The fourth-order valence-electron chi connectivity index (χ4n) is 4.56. The van der Waals surface area contributed by atoms with Crippen LogP contribution in [0.25, 0.3) is 0 Å². The molecule has 1 N–H and O–H groups in total. The van der Waals surface area contributed by atoms with Crippen molar-refractivity contribution in [1.82, 2.24) is 4.31 Å². The van der Waals surface area contributed by atoms with Gasteiger partial charge in [0.15, 0.2) is 5.78 Å². The van der Waals surface area contributed by atoms with E-state index in [1.807, 2.05) is 26.0 Å². The lowest BCUT2D eigenvalue weighted by Gasteiger charge is -2.32. The molecule has 38 heavy (non-hydrogen) atoms. The van der Waals surface area contributed by atoms with E-state index < -0.39 is 15.9 Å². The molecule has 200 valence electrons. The quantitative estimate of drug-likeness (QED) is 0.358. The molecule has 3 aromatic rings. The minimum Gasteiger partial charge on any atom is -0.495 e. The van der Waals surface area contributed by atoms with E-state index >= 15 is 0 Å². The molecule has 7 nitrogen and oxygen atoms in total. The number of piperidine rings is 1. The summed E-state index contributed by atoms with van der Waals surface area (Å²) in [6.07, 6.45) is 1.05. The molecule has 0 unspecified atom stereocenters. The Morgan fingerprint density at radius 3 is 2.47 bits per heavy atom. The van der Waals surface area contributed by atoms with E-state index in [0.29, 0.717) is 35.7 Å². The molecule has 3 aromatic carbocycles. The summed E-state index contributed by atoms with van der Waals surface area (Å²) < 4.78 is 34.0. The van der Waals surface area contributed by atoms with Gasteiger partial charge in [-0.25, -0.2) is 8.42 Å². The number of hydrogen-bond acceptors (Lipinski definition) is 5. The number of carbonyl (C=O) groups is 2. The number of benzene rings is 3. The highest BCUT2D eigenvalue weighted by Gasteiger charge is 2.35. The number of nitrogens with zero attached hydrogens (tertiary/aromatic N) is 1. The molecule has 0 radical (unpaired) electrons. The first-order valence-corrected chi connectivity index (χ1v) is 14.3. The Bertz CT molecular complexity index is 1440. The molecule has 0 spiro atoms. The third-order valence-electron chi connectivity index (χ3n) is 6.75. The smallest absolute Gasteiger partial charge is 0.246 e. The topological polar surface area (TPSA) is 92.8 Å². The summed E-state index contributed by atoms with van der Waals surface area (Å²) in [5.41, 5.74) is 1.96. The first kappa shape index (κ1) is 27.8. The second kappa shape index (κ2) is 11.7. The summed E-state index contributed by atoms with van der Waals surface area (Å²) in [7, 11) is -2.47. The Kier molecular flexibility index (Phi) is 8.55. The van der Waals surface area contributed by atoms with Crippen molar-refractivity contribution in [2.75, 3.05) is 25.5 Å². The van der Waals surface area contributed by atoms with Gasteiger partial charge in [0.05, 0.1) is 18.7 Å². The van der Waals surface area contributed by atoms with E-state index in [4.69, 9.17) is 16.3 Å². The molecule has 9 heteroatoms. The second-order valence-corrected chi connectivity index (χ2v) is 12.0. The van der Waals surface area contributed by atoms with E-state index in [9.17, 15) is 18.0 Å². The summed E-state index contributed by atoms with van der Waals surface area (Å²) in [4.78, 5) is 26.6. The van der Waals surface area contributed by atoms with Crippen molar-refractivity contribution in [2.45, 2.75) is 37.5 Å². The molecule has 0 saturated carbocycles. The van der Waals surface area contributed by atoms with Crippen LogP contribution >= 0.6 is 11.6 Å². The minimum absolute atomic E-state index is 0.0266. The second-order valence-electron chi connectivity index (χ2n) is 9.64.